The highest BCUT2D eigenvalue weighted by Gasteiger charge is 2.25. The highest BCUT2D eigenvalue weighted by atomic mass is 19.1. The van der Waals surface area contributed by atoms with Gasteiger partial charge in [0.05, 0.1) is 19.8 Å². The van der Waals surface area contributed by atoms with Crippen molar-refractivity contribution in [1.82, 2.24) is 0 Å². The van der Waals surface area contributed by atoms with Crippen LogP contribution in [0.2, 0.25) is 0 Å². The zero-order chi connectivity index (χ0) is 29.1. The lowest BCUT2D eigenvalue weighted by atomic mass is 9.81. The number of carbonyl (C=O) groups is 1. The van der Waals surface area contributed by atoms with Crippen molar-refractivity contribution < 1.29 is 24.1 Å². The van der Waals surface area contributed by atoms with Crippen molar-refractivity contribution in [3.05, 3.63) is 95.3 Å². The van der Waals surface area contributed by atoms with E-state index in [1.54, 1.807) is 13.0 Å². The molecule has 0 unspecified atom stereocenters. The average Bonchev–Trinajstić information content (AvgIpc) is 2.98. The first-order chi connectivity index (χ1) is 19.3. The Hall–Kier alpha value is -3.28. The Morgan fingerprint density at radius 1 is 0.875 bits per heavy atom. The van der Waals surface area contributed by atoms with Gasteiger partial charge in [0.25, 0.3) is 0 Å². The third-order valence-electron chi connectivity index (χ3n) is 7.88. The maximum Gasteiger partial charge on any atom is 0.333 e. The molecule has 0 aliphatic heterocycles. The quantitative estimate of drug-likeness (QED) is 0.118. The van der Waals surface area contributed by atoms with Gasteiger partial charge in [0.2, 0.25) is 0 Å². The number of hydrogen-bond acceptors (Lipinski definition) is 4. The molecule has 0 aliphatic rings. The second kappa shape index (κ2) is 14.9. The number of aryl methyl sites for hydroxylation is 3. The van der Waals surface area contributed by atoms with Gasteiger partial charge in [0.1, 0.15) is 5.82 Å². The van der Waals surface area contributed by atoms with Crippen LogP contribution in [0.1, 0.15) is 63.1 Å². The predicted octanol–water partition coefficient (Wildman–Crippen LogP) is 7.48. The van der Waals surface area contributed by atoms with E-state index in [-0.39, 0.29) is 25.0 Å². The van der Waals surface area contributed by atoms with Crippen molar-refractivity contribution in [1.29, 1.82) is 0 Å². The Morgan fingerprint density at radius 3 is 2.10 bits per heavy atom. The number of benzene rings is 3. The monoisotopic (exact) mass is 546 g/mol. The summed E-state index contributed by atoms with van der Waals surface area (Å²) in [5.41, 5.74) is 6.69. The number of aliphatic hydroxyl groups excluding tert-OH is 2. The minimum atomic E-state index is -0.417. The zero-order valence-corrected chi connectivity index (χ0v) is 24.1. The predicted molar refractivity (Wildman–Crippen MR) is 161 cm³/mol. The fourth-order valence-corrected chi connectivity index (χ4v) is 4.98. The first-order valence-electron chi connectivity index (χ1n) is 14.3. The van der Waals surface area contributed by atoms with Crippen molar-refractivity contribution in [3.63, 3.8) is 0 Å². The van der Waals surface area contributed by atoms with E-state index in [4.69, 9.17) is 4.74 Å². The van der Waals surface area contributed by atoms with Crippen LogP contribution in [0, 0.1) is 11.2 Å². The van der Waals surface area contributed by atoms with Gasteiger partial charge < -0.3 is 14.9 Å². The molecule has 0 amide bonds. The summed E-state index contributed by atoms with van der Waals surface area (Å²) >= 11 is 0. The number of hydrogen-bond donors (Lipinski definition) is 2. The summed E-state index contributed by atoms with van der Waals surface area (Å²) in [6.45, 7) is 9.64. The molecule has 3 aromatic rings. The fraction of sp³-hybridized carbons (Fsp3) is 0.400. The summed E-state index contributed by atoms with van der Waals surface area (Å²) in [4.78, 5) is 11.5. The van der Waals surface area contributed by atoms with Crippen LogP contribution in [0.5, 0.6) is 0 Å². The van der Waals surface area contributed by atoms with Gasteiger partial charge in [-0.2, -0.15) is 0 Å². The van der Waals surface area contributed by atoms with E-state index in [9.17, 15) is 15.0 Å². The maximum atomic E-state index is 15.4. The van der Waals surface area contributed by atoms with E-state index in [0.717, 1.165) is 72.8 Å². The van der Waals surface area contributed by atoms with Crippen molar-refractivity contribution >= 4 is 5.97 Å². The van der Waals surface area contributed by atoms with Gasteiger partial charge in [-0.1, -0.05) is 75.0 Å². The second-order valence-electron chi connectivity index (χ2n) is 10.8. The molecule has 5 heteroatoms. The highest BCUT2D eigenvalue weighted by molar-refractivity contribution is 5.86. The van der Waals surface area contributed by atoms with Gasteiger partial charge >= 0.3 is 5.97 Å². The van der Waals surface area contributed by atoms with Gasteiger partial charge in [-0.3, -0.25) is 0 Å². The lowest BCUT2D eigenvalue weighted by molar-refractivity contribution is -0.139. The third-order valence-corrected chi connectivity index (χ3v) is 7.88. The topological polar surface area (TPSA) is 66.8 Å². The molecule has 4 nitrogen and oxygen atoms in total. The normalized spacial score (nSPS) is 11.4. The van der Waals surface area contributed by atoms with Crippen molar-refractivity contribution in [3.8, 4) is 22.3 Å². The van der Waals surface area contributed by atoms with Gasteiger partial charge in [-0.05, 0) is 91.3 Å². The summed E-state index contributed by atoms with van der Waals surface area (Å²) in [5.74, 6) is -0.610. The summed E-state index contributed by atoms with van der Waals surface area (Å²) in [5, 5.41) is 19.4. The molecule has 40 heavy (non-hydrogen) atoms. The molecule has 2 N–H and O–H groups in total. The summed E-state index contributed by atoms with van der Waals surface area (Å²) in [6.07, 6.45) is 5.55. The molecule has 0 saturated heterocycles. The SMILES string of the molecule is C=C(C)C(=O)OCCCc1ccc(-c2ccc(-c3ccc(CCCC(CC)(CO)CO)cc3CC)c(F)c2)cc1. The number of carbonyl (C=O) groups excluding carboxylic acids is 1. The Balaban J connectivity index is 1.66. The molecule has 0 fully saturated rings. The standard InChI is InChI=1S/C35H43FO4/c1-5-28-21-27(9-7-19-35(6-2,23-37)24-38)13-17-31(28)32-18-16-30(22-33(32)36)29-14-11-26(12-15-29)10-8-20-40-34(39)25(3)4/h11-18,21-22,37-38H,3,5-10,19-20,23-24H2,1-2,4H3. The Labute approximate surface area is 238 Å². The van der Waals surface area contributed by atoms with E-state index in [0.29, 0.717) is 17.7 Å². The fourth-order valence-electron chi connectivity index (χ4n) is 4.98. The molecule has 0 bridgehead atoms. The lowest BCUT2D eigenvalue weighted by Crippen LogP contribution is -2.29. The minimum absolute atomic E-state index is 0.00660. The average molecular weight is 547 g/mol. The number of rotatable bonds is 15. The van der Waals surface area contributed by atoms with Gasteiger partial charge in [0, 0.05) is 16.6 Å². The number of ether oxygens (including phenoxy) is 1. The molecule has 0 radical (unpaired) electrons. The third kappa shape index (κ3) is 8.12. The van der Waals surface area contributed by atoms with Crippen LogP contribution in [0.4, 0.5) is 4.39 Å². The van der Waals surface area contributed by atoms with Crippen molar-refractivity contribution in [2.24, 2.45) is 5.41 Å². The summed E-state index contributed by atoms with van der Waals surface area (Å²) < 4.78 is 20.5. The smallest absolute Gasteiger partial charge is 0.333 e. The first kappa shape index (κ1) is 31.3. The molecule has 0 heterocycles. The van der Waals surface area contributed by atoms with Gasteiger partial charge in [0.15, 0.2) is 0 Å². The van der Waals surface area contributed by atoms with E-state index >= 15 is 4.39 Å². The Bertz CT molecular complexity index is 1270. The Kier molecular flexibility index (Phi) is 11.7. The molecule has 214 valence electrons. The van der Waals surface area contributed by atoms with E-state index in [1.807, 2.05) is 49.4 Å². The highest BCUT2D eigenvalue weighted by Crippen LogP contribution is 2.32. The lowest BCUT2D eigenvalue weighted by Gasteiger charge is -2.28. The Morgan fingerprint density at radius 2 is 1.50 bits per heavy atom. The molecule has 3 aromatic carbocycles. The van der Waals surface area contributed by atoms with E-state index in [2.05, 4.69) is 25.6 Å². The molecular formula is C35H43FO4. The second-order valence-corrected chi connectivity index (χ2v) is 10.8. The summed E-state index contributed by atoms with van der Waals surface area (Å²) in [7, 11) is 0. The molecule has 0 saturated carbocycles. The van der Waals surface area contributed by atoms with Crippen LogP contribution < -0.4 is 0 Å². The van der Waals surface area contributed by atoms with Crippen LogP contribution in [0.25, 0.3) is 22.3 Å². The van der Waals surface area contributed by atoms with Crippen LogP contribution >= 0.6 is 0 Å². The van der Waals surface area contributed by atoms with Crippen LogP contribution in [-0.2, 0) is 28.8 Å². The molecule has 3 rings (SSSR count). The van der Waals surface area contributed by atoms with Crippen LogP contribution in [0.15, 0.2) is 72.8 Å². The number of halogens is 1. The van der Waals surface area contributed by atoms with E-state index in [1.165, 1.54) is 5.56 Å². The van der Waals surface area contributed by atoms with Gasteiger partial charge in [-0.15, -0.1) is 0 Å². The maximum absolute atomic E-state index is 15.4. The largest absolute Gasteiger partial charge is 0.462 e. The molecule has 0 atom stereocenters. The molecule has 0 aliphatic carbocycles. The number of esters is 1. The van der Waals surface area contributed by atoms with Crippen LogP contribution in [0.3, 0.4) is 0 Å². The molecule has 0 aromatic heterocycles. The van der Waals surface area contributed by atoms with Crippen molar-refractivity contribution in [2.75, 3.05) is 19.8 Å². The number of aliphatic hydroxyl groups is 2. The molecule has 0 spiro atoms. The first-order valence-corrected chi connectivity index (χ1v) is 14.3. The van der Waals surface area contributed by atoms with Gasteiger partial charge in [-0.25, -0.2) is 9.18 Å². The minimum Gasteiger partial charge on any atom is -0.462 e. The van der Waals surface area contributed by atoms with Crippen molar-refractivity contribution in [2.45, 2.75) is 65.7 Å². The van der Waals surface area contributed by atoms with Crippen LogP contribution in [-0.4, -0.2) is 36.0 Å². The molecular weight excluding hydrogens is 503 g/mol. The van der Waals surface area contributed by atoms with E-state index < -0.39 is 5.41 Å². The zero-order valence-electron chi connectivity index (χ0n) is 24.1. The summed E-state index contributed by atoms with van der Waals surface area (Å²) in [6, 6.07) is 19.7.